The normalized spacial score (nSPS) is 11.2. The molecule has 1 N–H and O–H groups in total. The van der Waals surface area contributed by atoms with Crippen molar-refractivity contribution < 1.29 is 22.1 Å². The number of hydrogen-bond acceptors (Lipinski definition) is 6. The first-order valence-electron chi connectivity index (χ1n) is 8.55. The molecule has 0 aliphatic carbocycles. The number of nitrogens with one attached hydrogen (secondary N) is 1. The molecule has 8 heteroatoms. The molecule has 0 unspecified atom stereocenters. The lowest BCUT2D eigenvalue weighted by atomic mass is 10.2. The SMILES string of the molecule is COc1ccc(C(=O)N/N=C/c2ccc(OS(=O)(=O)c3ccccc3)cc2)cc1. The summed E-state index contributed by atoms with van der Waals surface area (Å²) in [7, 11) is -2.34. The first-order chi connectivity index (χ1) is 14.0. The van der Waals surface area contributed by atoms with Gasteiger partial charge in [-0.25, -0.2) is 5.43 Å². The van der Waals surface area contributed by atoms with Crippen LogP contribution in [0.1, 0.15) is 15.9 Å². The van der Waals surface area contributed by atoms with E-state index in [2.05, 4.69) is 10.5 Å². The summed E-state index contributed by atoms with van der Waals surface area (Å²) in [6.07, 6.45) is 1.44. The van der Waals surface area contributed by atoms with Crippen LogP contribution >= 0.6 is 0 Å². The fraction of sp³-hybridized carbons (Fsp3) is 0.0476. The van der Waals surface area contributed by atoms with E-state index < -0.39 is 10.1 Å². The van der Waals surface area contributed by atoms with E-state index in [9.17, 15) is 13.2 Å². The van der Waals surface area contributed by atoms with Gasteiger partial charge in [-0.15, -0.1) is 0 Å². The maximum Gasteiger partial charge on any atom is 0.339 e. The molecule has 0 bridgehead atoms. The van der Waals surface area contributed by atoms with Crippen molar-refractivity contribution in [3.8, 4) is 11.5 Å². The van der Waals surface area contributed by atoms with Gasteiger partial charge in [-0.05, 0) is 66.2 Å². The molecule has 0 aliphatic heterocycles. The lowest BCUT2D eigenvalue weighted by molar-refractivity contribution is 0.0955. The Labute approximate surface area is 168 Å². The van der Waals surface area contributed by atoms with E-state index in [1.807, 2.05) is 0 Å². The van der Waals surface area contributed by atoms with Crippen LogP contribution in [0.3, 0.4) is 0 Å². The zero-order valence-corrected chi connectivity index (χ0v) is 16.3. The molecule has 0 spiro atoms. The standard InChI is InChI=1S/C21H18N2O5S/c1-27-18-13-9-17(10-14-18)21(24)23-22-15-16-7-11-19(12-8-16)28-29(25,26)20-5-3-2-4-6-20/h2-15H,1H3,(H,23,24)/b22-15+. The predicted molar refractivity (Wildman–Crippen MR) is 109 cm³/mol. The molecule has 0 aliphatic rings. The number of methoxy groups -OCH3 is 1. The van der Waals surface area contributed by atoms with Crippen molar-refractivity contribution in [1.82, 2.24) is 5.43 Å². The van der Waals surface area contributed by atoms with Crippen LogP contribution in [0.2, 0.25) is 0 Å². The number of carbonyl (C=O) groups excluding carboxylic acids is 1. The van der Waals surface area contributed by atoms with Crippen molar-refractivity contribution in [1.29, 1.82) is 0 Å². The van der Waals surface area contributed by atoms with E-state index in [1.54, 1.807) is 61.7 Å². The summed E-state index contributed by atoms with van der Waals surface area (Å²) in [5.74, 6) is 0.465. The molecule has 0 saturated carbocycles. The third kappa shape index (κ3) is 5.43. The summed E-state index contributed by atoms with van der Waals surface area (Å²) >= 11 is 0. The molecule has 29 heavy (non-hydrogen) atoms. The minimum absolute atomic E-state index is 0.0758. The maximum atomic E-state index is 12.2. The van der Waals surface area contributed by atoms with Crippen LogP contribution < -0.4 is 14.3 Å². The van der Waals surface area contributed by atoms with Gasteiger partial charge in [0.1, 0.15) is 16.4 Å². The van der Waals surface area contributed by atoms with Crippen molar-refractivity contribution in [3.05, 3.63) is 90.0 Å². The van der Waals surface area contributed by atoms with Gasteiger partial charge in [-0.1, -0.05) is 18.2 Å². The molecule has 3 aromatic rings. The van der Waals surface area contributed by atoms with Gasteiger partial charge < -0.3 is 8.92 Å². The van der Waals surface area contributed by atoms with Crippen LogP contribution in [0.4, 0.5) is 0 Å². The van der Waals surface area contributed by atoms with E-state index >= 15 is 0 Å². The van der Waals surface area contributed by atoms with Crippen LogP contribution in [0.25, 0.3) is 0 Å². The second-order valence-electron chi connectivity index (χ2n) is 5.85. The first kappa shape index (κ1) is 20.1. The second-order valence-corrected chi connectivity index (χ2v) is 7.39. The van der Waals surface area contributed by atoms with Crippen molar-refractivity contribution in [2.75, 3.05) is 7.11 Å². The molecule has 7 nitrogen and oxygen atoms in total. The number of rotatable bonds is 7. The molecular formula is C21H18N2O5S. The highest BCUT2D eigenvalue weighted by molar-refractivity contribution is 7.87. The Bertz CT molecular complexity index is 1090. The number of carbonyl (C=O) groups is 1. The molecule has 148 valence electrons. The molecule has 0 fully saturated rings. The molecule has 3 rings (SSSR count). The summed E-state index contributed by atoms with van der Waals surface area (Å²) in [5.41, 5.74) is 3.52. The summed E-state index contributed by atoms with van der Waals surface area (Å²) < 4.78 is 34.6. The van der Waals surface area contributed by atoms with Crippen LogP contribution in [0.5, 0.6) is 11.5 Å². The number of benzene rings is 3. The van der Waals surface area contributed by atoms with Gasteiger partial charge in [-0.2, -0.15) is 13.5 Å². The quantitative estimate of drug-likeness (QED) is 0.367. The second kappa shape index (κ2) is 9.03. The maximum absolute atomic E-state index is 12.2. The van der Waals surface area contributed by atoms with E-state index in [0.29, 0.717) is 16.9 Å². The topological polar surface area (TPSA) is 94.1 Å². The Morgan fingerprint density at radius 1 is 0.897 bits per heavy atom. The van der Waals surface area contributed by atoms with Crippen LogP contribution in [0, 0.1) is 0 Å². The van der Waals surface area contributed by atoms with Gasteiger partial charge in [0.25, 0.3) is 5.91 Å². The van der Waals surface area contributed by atoms with Gasteiger partial charge in [-0.3, -0.25) is 4.79 Å². The number of amides is 1. The van der Waals surface area contributed by atoms with Gasteiger partial charge in [0.15, 0.2) is 0 Å². The number of hydrazone groups is 1. The Morgan fingerprint density at radius 2 is 1.52 bits per heavy atom. The molecule has 1 amide bonds. The van der Waals surface area contributed by atoms with Gasteiger partial charge in [0.2, 0.25) is 0 Å². The Morgan fingerprint density at radius 3 is 2.14 bits per heavy atom. The van der Waals surface area contributed by atoms with E-state index in [0.717, 1.165) is 0 Å². The fourth-order valence-electron chi connectivity index (χ4n) is 2.34. The average Bonchev–Trinajstić information content (AvgIpc) is 2.75. The van der Waals surface area contributed by atoms with Gasteiger partial charge in [0, 0.05) is 5.56 Å². The largest absolute Gasteiger partial charge is 0.497 e. The first-order valence-corrected chi connectivity index (χ1v) is 9.96. The third-order valence-electron chi connectivity index (χ3n) is 3.85. The van der Waals surface area contributed by atoms with Crippen molar-refractivity contribution in [2.45, 2.75) is 4.90 Å². The molecule has 0 radical (unpaired) electrons. The molecule has 0 atom stereocenters. The van der Waals surface area contributed by atoms with E-state index in [-0.39, 0.29) is 16.6 Å². The van der Waals surface area contributed by atoms with Gasteiger partial charge >= 0.3 is 10.1 Å². The highest BCUT2D eigenvalue weighted by Crippen LogP contribution is 2.18. The minimum Gasteiger partial charge on any atom is -0.497 e. The Balaban J connectivity index is 1.59. The minimum atomic E-state index is -3.89. The zero-order chi connectivity index (χ0) is 20.7. The van der Waals surface area contributed by atoms with Crippen molar-refractivity contribution in [3.63, 3.8) is 0 Å². The average molecular weight is 410 g/mol. The number of hydrogen-bond donors (Lipinski definition) is 1. The highest BCUT2D eigenvalue weighted by Gasteiger charge is 2.15. The highest BCUT2D eigenvalue weighted by atomic mass is 32.2. The number of ether oxygens (including phenoxy) is 1. The molecule has 0 aromatic heterocycles. The van der Waals surface area contributed by atoms with E-state index in [1.165, 1.54) is 30.5 Å². The van der Waals surface area contributed by atoms with Gasteiger partial charge in [0.05, 0.1) is 13.3 Å². The Kier molecular flexibility index (Phi) is 6.25. The van der Waals surface area contributed by atoms with Crippen molar-refractivity contribution in [2.24, 2.45) is 5.10 Å². The monoisotopic (exact) mass is 410 g/mol. The molecule has 3 aromatic carbocycles. The van der Waals surface area contributed by atoms with Crippen LogP contribution in [0.15, 0.2) is 88.9 Å². The lowest BCUT2D eigenvalue weighted by Crippen LogP contribution is -2.17. The zero-order valence-electron chi connectivity index (χ0n) is 15.5. The summed E-state index contributed by atoms with van der Waals surface area (Å²) in [6.45, 7) is 0. The lowest BCUT2D eigenvalue weighted by Gasteiger charge is -2.07. The van der Waals surface area contributed by atoms with Crippen molar-refractivity contribution >= 4 is 22.2 Å². The molecule has 0 heterocycles. The summed E-state index contributed by atoms with van der Waals surface area (Å²) in [5, 5.41) is 3.90. The van der Waals surface area contributed by atoms with Crippen LogP contribution in [-0.2, 0) is 10.1 Å². The van der Waals surface area contributed by atoms with Crippen LogP contribution in [-0.4, -0.2) is 27.6 Å². The third-order valence-corrected chi connectivity index (χ3v) is 5.11. The summed E-state index contributed by atoms with van der Waals surface area (Å²) in [6, 6.07) is 20.8. The predicted octanol–water partition coefficient (Wildman–Crippen LogP) is 3.23. The molecule has 0 saturated heterocycles. The number of nitrogens with zero attached hydrogens (tertiary/aromatic N) is 1. The molecular weight excluding hydrogens is 392 g/mol. The summed E-state index contributed by atoms with van der Waals surface area (Å²) in [4.78, 5) is 12.1. The fourth-order valence-corrected chi connectivity index (χ4v) is 3.29. The Hall–Kier alpha value is -3.65. The van der Waals surface area contributed by atoms with E-state index in [4.69, 9.17) is 8.92 Å². The smallest absolute Gasteiger partial charge is 0.339 e.